The van der Waals surface area contributed by atoms with E-state index in [0.717, 1.165) is 18.4 Å². The van der Waals surface area contributed by atoms with Gasteiger partial charge in [0.15, 0.2) is 5.78 Å². The van der Waals surface area contributed by atoms with Gasteiger partial charge in [-0.3, -0.25) is 9.10 Å². The molecule has 1 aliphatic heterocycles. The fourth-order valence-electron chi connectivity index (χ4n) is 2.92. The van der Waals surface area contributed by atoms with Crippen LogP contribution in [0.25, 0.3) is 0 Å². The van der Waals surface area contributed by atoms with E-state index >= 15 is 0 Å². The fourth-order valence-corrected chi connectivity index (χ4v) is 4.50. The molecule has 4 nitrogen and oxygen atoms in total. The SMILES string of the molecule is Cc1ccc(S(=O)(=O)N2CCC[C@@H]3CC(=O)C=C32)cc1. The summed E-state index contributed by atoms with van der Waals surface area (Å²) < 4.78 is 26.9. The first-order chi connectivity index (χ1) is 9.48. The molecular weight excluding hydrogens is 274 g/mol. The van der Waals surface area contributed by atoms with Crippen LogP contribution in [0.4, 0.5) is 0 Å². The van der Waals surface area contributed by atoms with Crippen LogP contribution in [-0.4, -0.2) is 25.1 Å². The minimum atomic E-state index is -3.54. The quantitative estimate of drug-likeness (QED) is 0.840. The van der Waals surface area contributed by atoms with Gasteiger partial charge in [0.1, 0.15) is 0 Å². The molecule has 0 amide bonds. The molecule has 2 aliphatic rings. The van der Waals surface area contributed by atoms with Crippen molar-refractivity contribution in [2.45, 2.75) is 31.1 Å². The number of hydrogen-bond acceptors (Lipinski definition) is 3. The highest BCUT2D eigenvalue weighted by Gasteiger charge is 2.37. The second kappa shape index (κ2) is 4.74. The van der Waals surface area contributed by atoms with Gasteiger partial charge in [-0.1, -0.05) is 17.7 Å². The van der Waals surface area contributed by atoms with Crippen molar-refractivity contribution in [1.82, 2.24) is 4.31 Å². The van der Waals surface area contributed by atoms with Crippen molar-refractivity contribution < 1.29 is 13.2 Å². The smallest absolute Gasteiger partial charge is 0.264 e. The molecule has 1 atom stereocenters. The Bertz CT molecular complexity index is 674. The number of carbonyl (C=O) groups excluding carboxylic acids is 1. The predicted molar refractivity (Wildman–Crippen MR) is 75.5 cm³/mol. The third-order valence-corrected chi connectivity index (χ3v) is 5.83. The van der Waals surface area contributed by atoms with Gasteiger partial charge in [-0.15, -0.1) is 0 Å². The Morgan fingerprint density at radius 2 is 1.90 bits per heavy atom. The fraction of sp³-hybridized carbons (Fsp3) is 0.400. The summed E-state index contributed by atoms with van der Waals surface area (Å²) in [6, 6.07) is 6.85. The number of fused-ring (bicyclic) bond motifs is 1. The van der Waals surface area contributed by atoms with Crippen LogP contribution >= 0.6 is 0 Å². The van der Waals surface area contributed by atoms with E-state index in [1.807, 2.05) is 6.92 Å². The van der Waals surface area contributed by atoms with Crippen molar-refractivity contribution in [1.29, 1.82) is 0 Å². The summed E-state index contributed by atoms with van der Waals surface area (Å²) in [4.78, 5) is 11.9. The van der Waals surface area contributed by atoms with Gasteiger partial charge in [0, 0.05) is 30.7 Å². The molecule has 5 heteroatoms. The highest BCUT2D eigenvalue weighted by atomic mass is 32.2. The lowest BCUT2D eigenvalue weighted by molar-refractivity contribution is -0.114. The molecule has 0 aromatic heterocycles. The van der Waals surface area contributed by atoms with E-state index in [1.165, 1.54) is 10.4 Å². The molecular formula is C15H17NO3S. The molecule has 0 unspecified atom stereocenters. The van der Waals surface area contributed by atoms with Crippen LogP contribution in [0.3, 0.4) is 0 Å². The first kappa shape index (κ1) is 13.4. The van der Waals surface area contributed by atoms with Crippen LogP contribution in [0.2, 0.25) is 0 Å². The van der Waals surface area contributed by atoms with Gasteiger partial charge < -0.3 is 0 Å². The molecule has 1 aliphatic carbocycles. The number of allylic oxidation sites excluding steroid dienone is 2. The van der Waals surface area contributed by atoms with Crippen molar-refractivity contribution in [3.8, 4) is 0 Å². The van der Waals surface area contributed by atoms with E-state index in [0.29, 0.717) is 23.6 Å². The number of hydrogen-bond donors (Lipinski definition) is 0. The zero-order valence-electron chi connectivity index (χ0n) is 11.4. The summed E-state index contributed by atoms with van der Waals surface area (Å²) >= 11 is 0. The van der Waals surface area contributed by atoms with E-state index in [9.17, 15) is 13.2 Å². The number of aryl methyl sites for hydroxylation is 1. The largest absolute Gasteiger partial charge is 0.295 e. The second-order valence-corrected chi connectivity index (χ2v) is 7.33. The van der Waals surface area contributed by atoms with Crippen molar-refractivity contribution in [3.05, 3.63) is 41.6 Å². The Kier molecular flexibility index (Phi) is 3.17. The predicted octanol–water partition coefficient (Wildman–Crippen LogP) is 2.25. The maximum Gasteiger partial charge on any atom is 0.264 e. The summed E-state index contributed by atoms with van der Waals surface area (Å²) in [6.07, 6.45) is 3.67. The van der Waals surface area contributed by atoms with Crippen LogP contribution in [0.15, 0.2) is 40.9 Å². The number of benzene rings is 1. The maximum absolute atomic E-state index is 12.7. The third-order valence-electron chi connectivity index (χ3n) is 3.99. The van der Waals surface area contributed by atoms with Crippen LogP contribution in [0, 0.1) is 12.8 Å². The molecule has 1 aromatic carbocycles. The van der Waals surface area contributed by atoms with Gasteiger partial charge in [-0.25, -0.2) is 8.42 Å². The van der Waals surface area contributed by atoms with Gasteiger partial charge in [-0.05, 0) is 31.9 Å². The van der Waals surface area contributed by atoms with E-state index in [-0.39, 0.29) is 11.7 Å². The lowest BCUT2D eigenvalue weighted by Crippen LogP contribution is -2.36. The molecule has 106 valence electrons. The van der Waals surface area contributed by atoms with Crippen molar-refractivity contribution >= 4 is 15.8 Å². The van der Waals surface area contributed by atoms with Crippen LogP contribution in [0.1, 0.15) is 24.8 Å². The minimum absolute atomic E-state index is 0.0380. The van der Waals surface area contributed by atoms with E-state index in [2.05, 4.69) is 0 Å². The lowest BCUT2D eigenvalue weighted by Gasteiger charge is -2.33. The van der Waals surface area contributed by atoms with Crippen LogP contribution < -0.4 is 0 Å². The average Bonchev–Trinajstić information content (AvgIpc) is 2.78. The zero-order valence-corrected chi connectivity index (χ0v) is 12.2. The molecule has 1 heterocycles. The Labute approximate surface area is 119 Å². The highest BCUT2D eigenvalue weighted by Crippen LogP contribution is 2.37. The Hall–Kier alpha value is -1.62. The summed E-state index contributed by atoms with van der Waals surface area (Å²) in [6.45, 7) is 2.39. The molecule has 1 fully saturated rings. The molecule has 0 N–H and O–H groups in total. The van der Waals surface area contributed by atoms with Crippen LogP contribution in [0.5, 0.6) is 0 Å². The number of rotatable bonds is 2. The Balaban J connectivity index is 2.00. The molecule has 0 saturated carbocycles. The number of sulfonamides is 1. The van der Waals surface area contributed by atoms with Crippen LogP contribution in [-0.2, 0) is 14.8 Å². The van der Waals surface area contributed by atoms with Crippen molar-refractivity contribution in [2.24, 2.45) is 5.92 Å². The van der Waals surface area contributed by atoms with E-state index in [1.54, 1.807) is 24.3 Å². The monoisotopic (exact) mass is 291 g/mol. The molecule has 0 spiro atoms. The van der Waals surface area contributed by atoms with E-state index in [4.69, 9.17) is 0 Å². The van der Waals surface area contributed by atoms with Gasteiger partial charge >= 0.3 is 0 Å². The second-order valence-electron chi connectivity index (χ2n) is 5.47. The van der Waals surface area contributed by atoms with Crippen molar-refractivity contribution in [3.63, 3.8) is 0 Å². The maximum atomic E-state index is 12.7. The molecule has 20 heavy (non-hydrogen) atoms. The van der Waals surface area contributed by atoms with Gasteiger partial charge in [-0.2, -0.15) is 0 Å². The third kappa shape index (κ3) is 2.16. The standard InChI is InChI=1S/C15H17NO3S/c1-11-4-6-14(7-5-11)20(18,19)16-8-2-3-12-9-13(17)10-15(12)16/h4-7,10,12H,2-3,8-9H2,1H3/t12-/m1/s1. The lowest BCUT2D eigenvalue weighted by atomic mass is 9.97. The molecule has 0 radical (unpaired) electrons. The molecule has 0 bridgehead atoms. The number of carbonyl (C=O) groups is 1. The number of ketones is 1. The van der Waals surface area contributed by atoms with Gasteiger partial charge in [0.05, 0.1) is 4.90 Å². The minimum Gasteiger partial charge on any atom is -0.295 e. The zero-order chi connectivity index (χ0) is 14.3. The first-order valence-electron chi connectivity index (χ1n) is 6.82. The van der Waals surface area contributed by atoms with Crippen molar-refractivity contribution in [2.75, 3.05) is 6.54 Å². The average molecular weight is 291 g/mol. The summed E-state index contributed by atoms with van der Waals surface area (Å²) in [5.74, 6) is 0.118. The topological polar surface area (TPSA) is 54.5 Å². The first-order valence-corrected chi connectivity index (χ1v) is 8.26. The van der Waals surface area contributed by atoms with Gasteiger partial charge in [0.25, 0.3) is 10.0 Å². The summed E-state index contributed by atoms with van der Waals surface area (Å²) in [5.41, 5.74) is 1.71. The summed E-state index contributed by atoms with van der Waals surface area (Å²) in [5, 5.41) is 0. The highest BCUT2D eigenvalue weighted by molar-refractivity contribution is 7.89. The number of piperidine rings is 1. The molecule has 1 saturated heterocycles. The summed E-state index contributed by atoms with van der Waals surface area (Å²) in [7, 11) is -3.54. The molecule has 3 rings (SSSR count). The van der Waals surface area contributed by atoms with E-state index < -0.39 is 10.0 Å². The normalized spacial score (nSPS) is 22.6. The van der Waals surface area contributed by atoms with Gasteiger partial charge in [0.2, 0.25) is 0 Å². The number of nitrogens with zero attached hydrogens (tertiary/aromatic N) is 1. The Morgan fingerprint density at radius 3 is 2.60 bits per heavy atom. The Morgan fingerprint density at radius 1 is 1.20 bits per heavy atom. The molecule has 1 aromatic rings.